The summed E-state index contributed by atoms with van der Waals surface area (Å²) in [4.78, 5) is 23.8. The lowest BCUT2D eigenvalue weighted by Gasteiger charge is -2.27. The van der Waals surface area contributed by atoms with Gasteiger partial charge in [-0.3, -0.25) is 9.59 Å². The number of ether oxygens (including phenoxy) is 1. The summed E-state index contributed by atoms with van der Waals surface area (Å²) in [5.41, 5.74) is 0.938. The number of carbonyl (C=O) groups excluding carboxylic acids is 2. The fourth-order valence-corrected chi connectivity index (χ4v) is 2.28. The predicted molar refractivity (Wildman–Crippen MR) is 75.9 cm³/mol. The molecule has 0 unspecified atom stereocenters. The third-order valence-corrected chi connectivity index (χ3v) is 3.67. The molecule has 0 aliphatic heterocycles. The first kappa shape index (κ1) is 14.6. The van der Waals surface area contributed by atoms with Gasteiger partial charge in [0.1, 0.15) is 0 Å². The Bertz CT molecular complexity index is 454. The van der Waals surface area contributed by atoms with Crippen LogP contribution in [0.2, 0.25) is 0 Å². The van der Waals surface area contributed by atoms with E-state index in [4.69, 9.17) is 4.74 Å². The van der Waals surface area contributed by atoms with Crippen LogP contribution in [0.4, 0.5) is 0 Å². The van der Waals surface area contributed by atoms with Crippen molar-refractivity contribution in [1.82, 2.24) is 5.32 Å². The molecule has 108 valence electrons. The molecule has 1 N–H and O–H groups in total. The number of nitrogens with one attached hydrogen (secondary N) is 1. The molecule has 4 nitrogen and oxygen atoms in total. The molecular formula is C16H21NO3. The lowest BCUT2D eigenvalue weighted by atomic mass is 9.84. The zero-order chi connectivity index (χ0) is 14.4. The fourth-order valence-electron chi connectivity index (χ4n) is 2.28. The zero-order valence-electron chi connectivity index (χ0n) is 11.8. The third-order valence-electron chi connectivity index (χ3n) is 3.67. The third kappa shape index (κ3) is 3.83. The highest BCUT2D eigenvalue weighted by Crippen LogP contribution is 2.28. The Labute approximate surface area is 119 Å². The van der Waals surface area contributed by atoms with E-state index >= 15 is 0 Å². The molecular weight excluding hydrogens is 254 g/mol. The van der Waals surface area contributed by atoms with Crippen LogP contribution in [0.15, 0.2) is 30.3 Å². The van der Waals surface area contributed by atoms with Crippen LogP contribution in [0.3, 0.4) is 0 Å². The van der Waals surface area contributed by atoms with Crippen LogP contribution in [0, 0.1) is 5.92 Å². The Morgan fingerprint density at radius 3 is 2.55 bits per heavy atom. The molecule has 4 heteroatoms. The standard InChI is InChI=1S/C16H21NO3/c1-2-20-15(18)11-14(12-7-4-3-5-8-12)17-16(19)13-9-6-10-13/h3-5,7-8,13-14H,2,6,9-11H2,1H3,(H,17,19)/t14-/m0/s1. The van der Waals surface area contributed by atoms with Gasteiger partial charge in [-0.1, -0.05) is 36.8 Å². The van der Waals surface area contributed by atoms with E-state index in [1.165, 1.54) is 0 Å². The van der Waals surface area contributed by atoms with Crippen molar-refractivity contribution in [2.24, 2.45) is 5.92 Å². The summed E-state index contributed by atoms with van der Waals surface area (Å²) in [6.07, 6.45) is 3.20. The Kier molecular flexibility index (Phi) is 5.16. The van der Waals surface area contributed by atoms with Gasteiger partial charge in [-0.15, -0.1) is 0 Å². The maximum absolute atomic E-state index is 12.1. The molecule has 1 aromatic rings. The van der Waals surface area contributed by atoms with E-state index in [2.05, 4.69) is 5.32 Å². The quantitative estimate of drug-likeness (QED) is 0.812. The van der Waals surface area contributed by atoms with Gasteiger partial charge < -0.3 is 10.1 Å². The molecule has 1 aromatic carbocycles. The maximum atomic E-state index is 12.1. The van der Waals surface area contributed by atoms with Crippen LogP contribution < -0.4 is 5.32 Å². The number of esters is 1. The van der Waals surface area contributed by atoms with Gasteiger partial charge in [0.25, 0.3) is 0 Å². The van der Waals surface area contributed by atoms with Crippen LogP contribution in [0.1, 0.15) is 44.2 Å². The predicted octanol–water partition coefficient (Wildman–Crippen LogP) is 2.60. The summed E-state index contributed by atoms with van der Waals surface area (Å²) in [5.74, 6) is -0.118. The van der Waals surface area contributed by atoms with Crippen LogP contribution in [0.5, 0.6) is 0 Å². The number of hydrogen-bond donors (Lipinski definition) is 1. The van der Waals surface area contributed by atoms with Gasteiger partial charge in [-0.05, 0) is 25.3 Å². The minimum absolute atomic E-state index is 0.0504. The number of hydrogen-bond acceptors (Lipinski definition) is 3. The van der Waals surface area contributed by atoms with Crippen molar-refractivity contribution >= 4 is 11.9 Å². The Balaban J connectivity index is 2.03. The average molecular weight is 275 g/mol. The fraction of sp³-hybridized carbons (Fsp3) is 0.500. The Morgan fingerprint density at radius 2 is 2.00 bits per heavy atom. The number of benzene rings is 1. The highest BCUT2D eigenvalue weighted by Gasteiger charge is 2.28. The van der Waals surface area contributed by atoms with E-state index in [0.29, 0.717) is 6.61 Å². The molecule has 1 aliphatic rings. The van der Waals surface area contributed by atoms with Gasteiger partial charge in [0, 0.05) is 5.92 Å². The topological polar surface area (TPSA) is 55.4 Å². The van der Waals surface area contributed by atoms with Crippen LogP contribution >= 0.6 is 0 Å². The average Bonchev–Trinajstić information content (AvgIpc) is 2.37. The number of rotatable bonds is 6. The van der Waals surface area contributed by atoms with Crippen molar-refractivity contribution in [3.8, 4) is 0 Å². The summed E-state index contributed by atoms with van der Waals surface area (Å²) >= 11 is 0. The molecule has 0 saturated heterocycles. The van der Waals surface area contributed by atoms with E-state index in [0.717, 1.165) is 24.8 Å². The van der Waals surface area contributed by atoms with Crippen LogP contribution in [-0.4, -0.2) is 18.5 Å². The molecule has 20 heavy (non-hydrogen) atoms. The van der Waals surface area contributed by atoms with Gasteiger partial charge >= 0.3 is 5.97 Å². The van der Waals surface area contributed by atoms with Gasteiger partial charge in [-0.25, -0.2) is 0 Å². The molecule has 0 aromatic heterocycles. The molecule has 1 aliphatic carbocycles. The van der Waals surface area contributed by atoms with Crippen molar-refractivity contribution in [3.05, 3.63) is 35.9 Å². The summed E-state index contributed by atoms with van der Waals surface area (Å²) in [7, 11) is 0. The molecule has 0 heterocycles. The van der Waals surface area contributed by atoms with Crippen molar-refractivity contribution < 1.29 is 14.3 Å². The molecule has 1 amide bonds. The highest BCUT2D eigenvalue weighted by molar-refractivity contribution is 5.81. The van der Waals surface area contributed by atoms with Crippen molar-refractivity contribution in [2.75, 3.05) is 6.61 Å². The molecule has 1 saturated carbocycles. The van der Waals surface area contributed by atoms with Crippen LogP contribution in [-0.2, 0) is 14.3 Å². The second-order valence-corrected chi connectivity index (χ2v) is 5.11. The van der Waals surface area contributed by atoms with E-state index in [1.807, 2.05) is 30.3 Å². The molecule has 1 atom stereocenters. The first-order valence-electron chi connectivity index (χ1n) is 7.21. The smallest absolute Gasteiger partial charge is 0.308 e. The van der Waals surface area contributed by atoms with E-state index in [1.54, 1.807) is 6.92 Å². The first-order chi connectivity index (χ1) is 9.70. The minimum atomic E-state index is -0.302. The summed E-state index contributed by atoms with van der Waals surface area (Å²) in [5, 5.41) is 2.98. The van der Waals surface area contributed by atoms with E-state index < -0.39 is 0 Å². The van der Waals surface area contributed by atoms with Gasteiger partial charge in [0.15, 0.2) is 0 Å². The Morgan fingerprint density at radius 1 is 1.30 bits per heavy atom. The van der Waals surface area contributed by atoms with Crippen molar-refractivity contribution in [3.63, 3.8) is 0 Å². The second-order valence-electron chi connectivity index (χ2n) is 5.11. The minimum Gasteiger partial charge on any atom is -0.466 e. The van der Waals surface area contributed by atoms with Gasteiger partial charge in [0.05, 0.1) is 19.1 Å². The summed E-state index contributed by atoms with van der Waals surface area (Å²) < 4.78 is 4.99. The largest absolute Gasteiger partial charge is 0.466 e. The van der Waals surface area contributed by atoms with Crippen LogP contribution in [0.25, 0.3) is 0 Å². The monoisotopic (exact) mass is 275 g/mol. The molecule has 0 spiro atoms. The highest BCUT2D eigenvalue weighted by atomic mass is 16.5. The lowest BCUT2D eigenvalue weighted by Crippen LogP contribution is -2.37. The van der Waals surface area contributed by atoms with Gasteiger partial charge in [-0.2, -0.15) is 0 Å². The molecule has 2 rings (SSSR count). The summed E-state index contributed by atoms with van der Waals surface area (Å²) in [6, 6.07) is 9.27. The second kappa shape index (κ2) is 7.08. The maximum Gasteiger partial charge on any atom is 0.308 e. The van der Waals surface area contributed by atoms with Crippen molar-refractivity contribution in [1.29, 1.82) is 0 Å². The number of carbonyl (C=O) groups is 2. The SMILES string of the molecule is CCOC(=O)C[C@H](NC(=O)C1CCC1)c1ccccc1. The van der Waals surface area contributed by atoms with Crippen molar-refractivity contribution in [2.45, 2.75) is 38.6 Å². The summed E-state index contributed by atoms with van der Waals surface area (Å²) in [6.45, 7) is 2.14. The normalized spacial score (nSPS) is 16.1. The Hall–Kier alpha value is -1.84. The van der Waals surface area contributed by atoms with Gasteiger partial charge in [0.2, 0.25) is 5.91 Å². The molecule has 0 radical (unpaired) electrons. The molecule has 1 fully saturated rings. The number of amides is 1. The zero-order valence-corrected chi connectivity index (χ0v) is 11.8. The van der Waals surface area contributed by atoms with E-state index in [9.17, 15) is 9.59 Å². The first-order valence-corrected chi connectivity index (χ1v) is 7.21. The van der Waals surface area contributed by atoms with E-state index in [-0.39, 0.29) is 30.3 Å². The lowest BCUT2D eigenvalue weighted by molar-refractivity contribution is -0.144. The molecule has 0 bridgehead atoms.